The Morgan fingerprint density at radius 3 is 2.28 bits per heavy atom. The third kappa shape index (κ3) is 5.68. The van der Waals surface area contributed by atoms with Crippen LogP contribution in [-0.2, 0) is 10.0 Å². The number of hydrogen-bond acceptors (Lipinski definition) is 4. The highest BCUT2D eigenvalue weighted by molar-refractivity contribution is 7.92. The highest BCUT2D eigenvalue weighted by Gasteiger charge is 2.23. The van der Waals surface area contributed by atoms with Gasteiger partial charge in [0.15, 0.2) is 0 Å². The fraction of sp³-hybridized carbons (Fsp3) is 0.240. The molecule has 0 saturated heterocycles. The Bertz CT molecular complexity index is 1140. The minimum Gasteiger partial charge on any atom is -0.493 e. The average molecular weight is 453 g/mol. The molecule has 1 amide bonds. The lowest BCUT2D eigenvalue weighted by molar-refractivity contribution is 0.102. The number of hydrogen-bond donors (Lipinski definition) is 1. The summed E-state index contributed by atoms with van der Waals surface area (Å²) in [5.74, 6) is 0.719. The van der Waals surface area contributed by atoms with Crippen LogP contribution in [0, 0.1) is 5.92 Å². The zero-order valence-electron chi connectivity index (χ0n) is 18.5. The van der Waals surface area contributed by atoms with Crippen LogP contribution in [0.15, 0.2) is 83.8 Å². The maximum absolute atomic E-state index is 13.1. The molecule has 0 bridgehead atoms. The monoisotopic (exact) mass is 452 g/mol. The summed E-state index contributed by atoms with van der Waals surface area (Å²) in [5, 5.41) is 2.80. The second-order valence-corrected chi connectivity index (χ2v) is 9.58. The van der Waals surface area contributed by atoms with E-state index in [-0.39, 0.29) is 10.8 Å². The molecule has 0 fully saturated rings. The molecule has 0 spiro atoms. The van der Waals surface area contributed by atoms with Crippen LogP contribution in [-0.4, -0.2) is 27.5 Å². The van der Waals surface area contributed by atoms with Gasteiger partial charge >= 0.3 is 0 Å². The molecular formula is C25H28N2O4S. The van der Waals surface area contributed by atoms with Gasteiger partial charge in [0, 0.05) is 17.8 Å². The van der Waals surface area contributed by atoms with Gasteiger partial charge in [-0.05, 0) is 67.4 Å². The van der Waals surface area contributed by atoms with Crippen molar-refractivity contribution in [3.05, 3.63) is 84.4 Å². The summed E-state index contributed by atoms with van der Waals surface area (Å²) in [6, 6.07) is 22.1. The van der Waals surface area contributed by atoms with Crippen LogP contribution in [0.4, 0.5) is 11.4 Å². The average Bonchev–Trinajstić information content (AvgIpc) is 2.79. The van der Waals surface area contributed by atoms with E-state index in [9.17, 15) is 13.2 Å². The molecule has 32 heavy (non-hydrogen) atoms. The molecule has 7 heteroatoms. The van der Waals surface area contributed by atoms with E-state index in [4.69, 9.17) is 4.74 Å². The topological polar surface area (TPSA) is 75.7 Å². The van der Waals surface area contributed by atoms with E-state index < -0.39 is 10.0 Å². The SMILES string of the molecule is CCN(c1ccccc1)S(=O)(=O)c1ccc(NC(=O)c2cccc(OCC(C)C)c2)cc1. The summed E-state index contributed by atoms with van der Waals surface area (Å²) in [7, 11) is -3.72. The first-order valence-electron chi connectivity index (χ1n) is 10.5. The number of benzene rings is 3. The van der Waals surface area contributed by atoms with Crippen molar-refractivity contribution < 1.29 is 17.9 Å². The molecular weight excluding hydrogens is 424 g/mol. The number of para-hydroxylation sites is 1. The summed E-state index contributed by atoms with van der Waals surface area (Å²) in [6.07, 6.45) is 0. The molecule has 0 aromatic heterocycles. The van der Waals surface area contributed by atoms with Crippen LogP contribution in [0.1, 0.15) is 31.1 Å². The molecule has 3 rings (SSSR count). The Morgan fingerprint density at radius 1 is 0.969 bits per heavy atom. The molecule has 3 aromatic rings. The molecule has 0 aliphatic rings. The Kier molecular flexibility index (Phi) is 7.53. The van der Waals surface area contributed by atoms with Gasteiger partial charge in [-0.1, -0.05) is 38.1 Å². The molecule has 0 aliphatic heterocycles. The highest BCUT2D eigenvalue weighted by Crippen LogP contribution is 2.24. The largest absolute Gasteiger partial charge is 0.493 e. The van der Waals surface area contributed by atoms with Gasteiger partial charge in [-0.15, -0.1) is 0 Å². The predicted octanol–water partition coefficient (Wildman–Crippen LogP) is 5.19. The van der Waals surface area contributed by atoms with Crippen LogP contribution in [0.3, 0.4) is 0 Å². The summed E-state index contributed by atoms with van der Waals surface area (Å²) in [4.78, 5) is 12.8. The van der Waals surface area contributed by atoms with Crippen molar-refractivity contribution in [2.24, 2.45) is 5.92 Å². The standard InChI is InChI=1S/C25H28N2O4S/c1-4-27(22-10-6-5-7-11-22)32(29,30)24-15-13-21(14-16-24)26-25(28)20-9-8-12-23(17-20)31-18-19(2)3/h5-17,19H,4,18H2,1-3H3,(H,26,28). The first kappa shape index (κ1) is 23.3. The number of ether oxygens (including phenoxy) is 1. The lowest BCUT2D eigenvalue weighted by Crippen LogP contribution is -2.30. The molecule has 0 aliphatic carbocycles. The van der Waals surface area contributed by atoms with Crippen molar-refractivity contribution in [3.63, 3.8) is 0 Å². The van der Waals surface area contributed by atoms with Crippen molar-refractivity contribution in [2.45, 2.75) is 25.7 Å². The van der Waals surface area contributed by atoms with Gasteiger partial charge in [0.1, 0.15) is 5.75 Å². The second-order valence-electron chi connectivity index (χ2n) is 7.72. The third-order valence-corrected chi connectivity index (χ3v) is 6.63. The van der Waals surface area contributed by atoms with Crippen molar-refractivity contribution in [2.75, 3.05) is 22.8 Å². The molecule has 0 unspecified atom stereocenters. The minimum absolute atomic E-state index is 0.158. The van der Waals surface area contributed by atoms with Crippen LogP contribution >= 0.6 is 0 Å². The Hall–Kier alpha value is -3.32. The number of carbonyl (C=O) groups excluding carboxylic acids is 1. The highest BCUT2D eigenvalue weighted by atomic mass is 32.2. The van der Waals surface area contributed by atoms with E-state index in [0.29, 0.717) is 41.8 Å². The van der Waals surface area contributed by atoms with Crippen LogP contribution in [0.25, 0.3) is 0 Å². The molecule has 3 aromatic carbocycles. The second kappa shape index (κ2) is 10.3. The first-order valence-corrected chi connectivity index (χ1v) is 12.0. The number of anilines is 2. The van der Waals surface area contributed by atoms with Crippen molar-refractivity contribution in [1.82, 2.24) is 0 Å². The molecule has 0 heterocycles. The van der Waals surface area contributed by atoms with Crippen molar-refractivity contribution in [3.8, 4) is 5.75 Å². The zero-order chi connectivity index (χ0) is 23.1. The van der Waals surface area contributed by atoms with Gasteiger partial charge in [-0.2, -0.15) is 0 Å². The molecule has 0 saturated carbocycles. The van der Waals surface area contributed by atoms with E-state index in [0.717, 1.165) is 0 Å². The quantitative estimate of drug-likeness (QED) is 0.485. The van der Waals surface area contributed by atoms with Gasteiger partial charge in [-0.3, -0.25) is 9.10 Å². The Balaban J connectivity index is 1.73. The fourth-order valence-electron chi connectivity index (χ4n) is 3.12. The maximum Gasteiger partial charge on any atom is 0.264 e. The van der Waals surface area contributed by atoms with E-state index in [1.54, 1.807) is 61.5 Å². The lowest BCUT2D eigenvalue weighted by atomic mass is 10.2. The number of nitrogens with zero attached hydrogens (tertiary/aromatic N) is 1. The van der Waals surface area contributed by atoms with Crippen LogP contribution < -0.4 is 14.4 Å². The van der Waals surface area contributed by atoms with Crippen molar-refractivity contribution in [1.29, 1.82) is 0 Å². The van der Waals surface area contributed by atoms with E-state index in [2.05, 4.69) is 19.2 Å². The van der Waals surface area contributed by atoms with E-state index in [1.165, 1.54) is 16.4 Å². The van der Waals surface area contributed by atoms with Gasteiger partial charge in [0.2, 0.25) is 0 Å². The third-order valence-electron chi connectivity index (χ3n) is 4.71. The van der Waals surface area contributed by atoms with E-state index >= 15 is 0 Å². The molecule has 1 N–H and O–H groups in total. The molecule has 0 radical (unpaired) electrons. The van der Waals surface area contributed by atoms with Gasteiger partial charge in [0.05, 0.1) is 17.2 Å². The number of nitrogens with one attached hydrogen (secondary N) is 1. The number of rotatable bonds is 9. The fourth-order valence-corrected chi connectivity index (χ4v) is 4.59. The lowest BCUT2D eigenvalue weighted by Gasteiger charge is -2.23. The number of sulfonamides is 1. The van der Waals surface area contributed by atoms with Crippen molar-refractivity contribution >= 4 is 27.3 Å². The molecule has 168 valence electrons. The van der Waals surface area contributed by atoms with Gasteiger partial charge in [0.25, 0.3) is 15.9 Å². The number of carbonyl (C=O) groups is 1. The molecule has 6 nitrogen and oxygen atoms in total. The van der Waals surface area contributed by atoms with Gasteiger partial charge in [-0.25, -0.2) is 8.42 Å². The Morgan fingerprint density at radius 2 is 1.66 bits per heavy atom. The Labute approximate surface area is 189 Å². The summed E-state index contributed by atoms with van der Waals surface area (Å²) in [6.45, 7) is 6.77. The smallest absolute Gasteiger partial charge is 0.264 e. The van der Waals surface area contributed by atoms with E-state index in [1.807, 2.05) is 12.1 Å². The summed E-state index contributed by atoms with van der Waals surface area (Å²) >= 11 is 0. The number of amides is 1. The maximum atomic E-state index is 13.1. The zero-order valence-corrected chi connectivity index (χ0v) is 19.3. The van der Waals surface area contributed by atoms with Gasteiger partial charge < -0.3 is 10.1 Å². The van der Waals surface area contributed by atoms with Crippen LogP contribution in [0.5, 0.6) is 5.75 Å². The summed E-state index contributed by atoms with van der Waals surface area (Å²) in [5.41, 5.74) is 1.57. The predicted molar refractivity (Wildman–Crippen MR) is 128 cm³/mol. The normalized spacial score (nSPS) is 11.2. The van der Waals surface area contributed by atoms with Crippen LogP contribution in [0.2, 0.25) is 0 Å². The summed E-state index contributed by atoms with van der Waals surface area (Å²) < 4.78 is 33.2. The minimum atomic E-state index is -3.72. The molecule has 0 atom stereocenters. The first-order chi connectivity index (χ1) is 15.3.